The van der Waals surface area contributed by atoms with Crippen molar-refractivity contribution in [3.05, 3.63) is 44.5 Å². The molecule has 3 N–H and O–H groups in total. The van der Waals surface area contributed by atoms with E-state index in [9.17, 15) is 14.7 Å². The van der Waals surface area contributed by atoms with Gasteiger partial charge in [0.25, 0.3) is 0 Å². The largest absolute Gasteiger partial charge is 0.493 e. The van der Waals surface area contributed by atoms with Gasteiger partial charge in [-0.2, -0.15) is 0 Å². The first-order valence-corrected chi connectivity index (χ1v) is 6.12. The highest BCUT2D eigenvalue weighted by atomic mass is 127. The van der Waals surface area contributed by atoms with Gasteiger partial charge in [0.15, 0.2) is 0 Å². The highest BCUT2D eigenvalue weighted by Gasteiger charge is 2.13. The van der Waals surface area contributed by atoms with Crippen LogP contribution in [0, 0.1) is 3.57 Å². The maximum absolute atomic E-state index is 12.0. The van der Waals surface area contributed by atoms with Crippen LogP contribution < -0.4 is 11.4 Å². The zero-order valence-electron chi connectivity index (χ0n) is 9.21. The average molecular weight is 359 g/mol. The van der Waals surface area contributed by atoms with E-state index < -0.39 is 11.6 Å². The minimum absolute atomic E-state index is 0.294. The molecule has 7 heteroatoms. The summed E-state index contributed by atoms with van der Waals surface area (Å²) >= 11 is 2.12. The van der Waals surface area contributed by atoms with Crippen LogP contribution in [0.2, 0.25) is 0 Å². The Hall–Kier alpha value is -1.77. The van der Waals surface area contributed by atoms with Gasteiger partial charge in [-0.15, -0.1) is 0 Å². The maximum atomic E-state index is 12.0. The Morgan fingerprint density at radius 2 is 2.17 bits per heavy atom. The van der Waals surface area contributed by atoms with Gasteiger partial charge in [0.1, 0.15) is 6.54 Å². The Labute approximate surface area is 116 Å². The SMILES string of the molecule is NC(=O)Cn1c(O)cn(-c2cccc(I)c2)c1=O. The number of hydrogen-bond donors (Lipinski definition) is 2. The van der Waals surface area contributed by atoms with Crippen molar-refractivity contribution in [3.63, 3.8) is 0 Å². The van der Waals surface area contributed by atoms with E-state index in [4.69, 9.17) is 5.73 Å². The van der Waals surface area contributed by atoms with Crippen molar-refractivity contribution in [2.75, 3.05) is 0 Å². The van der Waals surface area contributed by atoms with Crippen molar-refractivity contribution < 1.29 is 9.90 Å². The number of aromatic nitrogens is 2. The second kappa shape index (κ2) is 4.84. The Morgan fingerprint density at radius 1 is 1.44 bits per heavy atom. The van der Waals surface area contributed by atoms with E-state index in [1.165, 1.54) is 10.8 Å². The number of aromatic hydroxyl groups is 1. The van der Waals surface area contributed by atoms with Gasteiger partial charge in [0, 0.05) is 3.57 Å². The molecule has 0 saturated heterocycles. The molecular weight excluding hydrogens is 349 g/mol. The van der Waals surface area contributed by atoms with Crippen molar-refractivity contribution in [3.8, 4) is 11.6 Å². The van der Waals surface area contributed by atoms with Crippen LogP contribution in [0.3, 0.4) is 0 Å². The van der Waals surface area contributed by atoms with Crippen LogP contribution in [0.25, 0.3) is 5.69 Å². The number of amides is 1. The predicted octanol–water partition coefficient (Wildman–Crippen LogP) is 0.434. The summed E-state index contributed by atoms with van der Waals surface area (Å²) in [5.74, 6) is -0.981. The molecule has 0 aliphatic heterocycles. The number of halogens is 1. The molecule has 1 aromatic heterocycles. The van der Waals surface area contributed by atoms with Crippen LogP contribution in [0.4, 0.5) is 0 Å². The molecule has 0 aliphatic rings. The zero-order valence-corrected chi connectivity index (χ0v) is 11.4. The van der Waals surface area contributed by atoms with Crippen molar-refractivity contribution in [2.24, 2.45) is 5.73 Å². The molecule has 2 aromatic rings. The Balaban J connectivity index is 2.54. The number of nitrogens with zero attached hydrogens (tertiary/aromatic N) is 2. The third-order valence-corrected chi connectivity index (χ3v) is 3.03. The summed E-state index contributed by atoms with van der Waals surface area (Å²) in [6, 6.07) is 7.20. The zero-order chi connectivity index (χ0) is 13.3. The van der Waals surface area contributed by atoms with Crippen LogP contribution in [-0.2, 0) is 11.3 Å². The second-order valence-corrected chi connectivity index (χ2v) is 4.92. The molecule has 0 radical (unpaired) electrons. The maximum Gasteiger partial charge on any atom is 0.336 e. The molecule has 6 nitrogen and oxygen atoms in total. The minimum atomic E-state index is -0.687. The van der Waals surface area contributed by atoms with Gasteiger partial charge < -0.3 is 10.8 Å². The molecular formula is C11H10IN3O3. The molecule has 1 amide bonds. The first kappa shape index (κ1) is 12.7. The van der Waals surface area contributed by atoms with Crippen LogP contribution in [0.5, 0.6) is 5.88 Å². The third-order valence-electron chi connectivity index (χ3n) is 2.36. The van der Waals surface area contributed by atoms with Crippen molar-refractivity contribution in [1.82, 2.24) is 9.13 Å². The number of carbonyl (C=O) groups is 1. The second-order valence-electron chi connectivity index (χ2n) is 3.67. The topological polar surface area (TPSA) is 90.2 Å². The van der Waals surface area contributed by atoms with Gasteiger partial charge >= 0.3 is 5.69 Å². The number of carbonyl (C=O) groups excluding carboxylic acids is 1. The van der Waals surface area contributed by atoms with Gasteiger partial charge in [-0.3, -0.25) is 13.9 Å². The number of rotatable bonds is 3. The number of primary amides is 1. The first-order chi connectivity index (χ1) is 8.49. The predicted molar refractivity (Wildman–Crippen MR) is 73.6 cm³/mol. The normalized spacial score (nSPS) is 10.5. The molecule has 0 unspecified atom stereocenters. The molecule has 18 heavy (non-hydrogen) atoms. The quantitative estimate of drug-likeness (QED) is 0.779. The van der Waals surface area contributed by atoms with E-state index in [0.717, 1.165) is 8.14 Å². The Bertz CT molecular complexity index is 660. The van der Waals surface area contributed by atoms with E-state index in [0.29, 0.717) is 5.69 Å². The lowest BCUT2D eigenvalue weighted by Crippen LogP contribution is -2.29. The van der Waals surface area contributed by atoms with Gasteiger partial charge in [-0.25, -0.2) is 4.79 Å². The van der Waals surface area contributed by atoms with Gasteiger partial charge in [0.2, 0.25) is 11.8 Å². The lowest BCUT2D eigenvalue weighted by atomic mass is 10.3. The third kappa shape index (κ3) is 2.40. The summed E-state index contributed by atoms with van der Waals surface area (Å²) in [7, 11) is 0. The summed E-state index contributed by atoms with van der Waals surface area (Å²) in [4.78, 5) is 22.8. The number of benzene rings is 1. The number of nitrogens with two attached hydrogens (primary N) is 1. The molecule has 2 rings (SSSR count). The molecule has 0 spiro atoms. The summed E-state index contributed by atoms with van der Waals surface area (Å²) in [6.07, 6.45) is 1.26. The highest BCUT2D eigenvalue weighted by molar-refractivity contribution is 14.1. The molecule has 0 fully saturated rings. The number of hydrogen-bond acceptors (Lipinski definition) is 3. The van der Waals surface area contributed by atoms with E-state index in [1.54, 1.807) is 18.2 Å². The summed E-state index contributed by atoms with van der Waals surface area (Å²) in [6.45, 7) is -0.346. The fraction of sp³-hybridized carbons (Fsp3) is 0.0909. The molecule has 94 valence electrons. The van der Waals surface area contributed by atoms with E-state index in [-0.39, 0.29) is 12.4 Å². The monoisotopic (exact) mass is 359 g/mol. The molecule has 0 aliphatic carbocycles. The van der Waals surface area contributed by atoms with E-state index in [1.807, 2.05) is 6.07 Å². The highest BCUT2D eigenvalue weighted by Crippen LogP contribution is 2.14. The van der Waals surface area contributed by atoms with Crippen LogP contribution in [0.1, 0.15) is 0 Å². The summed E-state index contributed by atoms with van der Waals surface area (Å²) < 4.78 is 3.14. The summed E-state index contributed by atoms with van der Waals surface area (Å²) in [5, 5.41) is 9.62. The first-order valence-electron chi connectivity index (χ1n) is 5.04. The van der Waals surface area contributed by atoms with E-state index in [2.05, 4.69) is 22.6 Å². The Kier molecular flexibility index (Phi) is 3.41. The van der Waals surface area contributed by atoms with Crippen LogP contribution in [-0.4, -0.2) is 20.1 Å². The molecule has 0 atom stereocenters. The van der Waals surface area contributed by atoms with Gasteiger partial charge in [0.05, 0.1) is 11.9 Å². The molecule has 1 heterocycles. The minimum Gasteiger partial charge on any atom is -0.493 e. The smallest absolute Gasteiger partial charge is 0.336 e. The fourth-order valence-corrected chi connectivity index (χ4v) is 2.11. The molecule has 0 bridgehead atoms. The van der Waals surface area contributed by atoms with Crippen molar-refractivity contribution >= 4 is 28.5 Å². The fourth-order valence-electron chi connectivity index (χ4n) is 1.58. The van der Waals surface area contributed by atoms with Crippen molar-refractivity contribution in [1.29, 1.82) is 0 Å². The van der Waals surface area contributed by atoms with Gasteiger partial charge in [-0.05, 0) is 40.8 Å². The standard InChI is InChI=1S/C11H10IN3O3/c12-7-2-1-3-8(4-7)14-6-10(17)15(11(14)18)5-9(13)16/h1-4,6,17H,5H2,(H2,13,16). The average Bonchev–Trinajstić information content (AvgIpc) is 2.56. The van der Waals surface area contributed by atoms with Crippen molar-refractivity contribution in [2.45, 2.75) is 6.54 Å². The lowest BCUT2D eigenvalue weighted by Gasteiger charge is -2.01. The van der Waals surface area contributed by atoms with Gasteiger partial charge in [-0.1, -0.05) is 6.07 Å². The van der Waals surface area contributed by atoms with Crippen LogP contribution in [0.15, 0.2) is 35.3 Å². The number of imidazole rings is 1. The summed E-state index contributed by atoms with van der Waals surface area (Å²) in [5.41, 5.74) is 5.12. The van der Waals surface area contributed by atoms with Crippen LogP contribution >= 0.6 is 22.6 Å². The molecule has 1 aromatic carbocycles. The molecule has 0 saturated carbocycles. The Morgan fingerprint density at radius 3 is 2.78 bits per heavy atom. The lowest BCUT2D eigenvalue weighted by molar-refractivity contribution is -0.118. The van der Waals surface area contributed by atoms with E-state index >= 15 is 0 Å².